The fourth-order valence-corrected chi connectivity index (χ4v) is 4.20. The Labute approximate surface area is 230 Å². The van der Waals surface area contributed by atoms with Crippen LogP contribution in [0.4, 0.5) is 19.0 Å². The molecule has 0 aliphatic rings. The highest BCUT2D eigenvalue weighted by Crippen LogP contribution is 2.35. The number of aliphatic imine (C=N–C) groups is 1. The van der Waals surface area contributed by atoms with Crippen LogP contribution in [0, 0.1) is 0 Å². The minimum absolute atomic E-state index is 0.104. The van der Waals surface area contributed by atoms with E-state index in [0.717, 1.165) is 17.5 Å². The molecule has 0 aliphatic heterocycles. The second-order valence-electron chi connectivity index (χ2n) is 7.86. The predicted molar refractivity (Wildman–Crippen MR) is 142 cm³/mol. The van der Waals surface area contributed by atoms with E-state index in [1.807, 2.05) is 0 Å². The zero-order valence-electron chi connectivity index (χ0n) is 20.8. The van der Waals surface area contributed by atoms with Gasteiger partial charge in [-0.05, 0) is 32.1 Å². The van der Waals surface area contributed by atoms with Gasteiger partial charge in [0.05, 0.1) is 41.2 Å². The molecule has 0 spiro atoms. The third kappa shape index (κ3) is 7.48. The quantitative estimate of drug-likeness (QED) is 0.251. The number of rotatable bonds is 9. The zero-order valence-corrected chi connectivity index (χ0v) is 22.4. The molecule has 9 nitrogen and oxygen atoms in total. The molecule has 0 saturated heterocycles. The standard InChI is InChI=1S/C25H22ClF3N6O3S/c1-5-31-18(15-10-30-7-6-19(15)38-4)8-13(2)22(36)34-14(3)24-33-12-20(39-24)23(37)35-21-9-16(25(27,28)29)17(26)11-32-21/h5-12,14H,1H2,2-4H3,(H,34,36)(H,32,35,37)/b13-8+,31-18+. The van der Waals surface area contributed by atoms with E-state index >= 15 is 0 Å². The van der Waals surface area contributed by atoms with Crippen molar-refractivity contribution in [1.29, 1.82) is 0 Å². The Kier molecular flexibility index (Phi) is 9.54. The zero-order chi connectivity index (χ0) is 28.7. The van der Waals surface area contributed by atoms with Crippen LogP contribution >= 0.6 is 22.9 Å². The average molecular weight is 579 g/mol. The van der Waals surface area contributed by atoms with Crippen molar-refractivity contribution >= 4 is 46.3 Å². The van der Waals surface area contributed by atoms with Gasteiger partial charge in [0.1, 0.15) is 21.5 Å². The molecule has 2 N–H and O–H groups in total. The van der Waals surface area contributed by atoms with Crippen molar-refractivity contribution in [2.45, 2.75) is 26.1 Å². The molecule has 2 amide bonds. The number of allylic oxidation sites excluding steroid dienone is 1. The number of carbonyl (C=O) groups excluding carboxylic acids is 2. The van der Waals surface area contributed by atoms with E-state index in [9.17, 15) is 22.8 Å². The summed E-state index contributed by atoms with van der Waals surface area (Å²) in [5.74, 6) is -0.947. The van der Waals surface area contributed by atoms with E-state index < -0.39 is 34.6 Å². The van der Waals surface area contributed by atoms with Gasteiger partial charge in [0, 0.05) is 30.4 Å². The minimum Gasteiger partial charge on any atom is -0.496 e. The fourth-order valence-electron chi connectivity index (χ4n) is 3.17. The molecule has 1 unspecified atom stereocenters. The largest absolute Gasteiger partial charge is 0.496 e. The number of ether oxygens (including phenoxy) is 1. The van der Waals surface area contributed by atoms with Gasteiger partial charge < -0.3 is 15.4 Å². The number of halogens is 4. The predicted octanol–water partition coefficient (Wildman–Crippen LogP) is 5.62. The van der Waals surface area contributed by atoms with E-state index in [1.54, 1.807) is 38.4 Å². The maximum Gasteiger partial charge on any atom is 0.418 e. The van der Waals surface area contributed by atoms with Crippen LogP contribution in [0.3, 0.4) is 0 Å². The van der Waals surface area contributed by atoms with Crippen LogP contribution in [-0.2, 0) is 11.0 Å². The Morgan fingerprint density at radius 2 is 2.00 bits per heavy atom. The summed E-state index contributed by atoms with van der Waals surface area (Å²) in [5.41, 5.74) is 0.167. The molecule has 3 aromatic heterocycles. The molecule has 204 valence electrons. The summed E-state index contributed by atoms with van der Waals surface area (Å²) in [6.45, 7) is 6.87. The summed E-state index contributed by atoms with van der Waals surface area (Å²) in [7, 11) is 1.50. The molecule has 0 bridgehead atoms. The number of anilines is 1. The van der Waals surface area contributed by atoms with E-state index in [1.165, 1.54) is 19.5 Å². The molecule has 0 aliphatic carbocycles. The molecule has 0 aromatic carbocycles. The van der Waals surface area contributed by atoms with Gasteiger partial charge in [-0.15, -0.1) is 11.3 Å². The molecule has 3 aromatic rings. The number of nitrogens with one attached hydrogen (secondary N) is 2. The molecular weight excluding hydrogens is 557 g/mol. The summed E-state index contributed by atoms with van der Waals surface area (Å²) in [6, 6.07) is 1.71. The van der Waals surface area contributed by atoms with E-state index in [2.05, 4.69) is 37.2 Å². The van der Waals surface area contributed by atoms with Gasteiger partial charge in [0.25, 0.3) is 5.91 Å². The molecular formula is C25H22ClF3N6O3S. The normalized spacial score (nSPS) is 13.0. The highest BCUT2D eigenvalue weighted by Gasteiger charge is 2.34. The number of carbonyl (C=O) groups is 2. The summed E-state index contributed by atoms with van der Waals surface area (Å²) < 4.78 is 44.6. The number of alkyl halides is 3. The van der Waals surface area contributed by atoms with Crippen LogP contribution in [0.2, 0.25) is 5.02 Å². The second-order valence-corrected chi connectivity index (χ2v) is 9.33. The SMILES string of the molecule is C=C/N=C(\C=C(/C)C(=O)NC(C)c1ncc(C(=O)Nc2cc(C(F)(F)F)c(Cl)cn2)s1)c1cnccc1OC. The Hall–Kier alpha value is -4.10. The molecule has 3 rings (SSSR count). The van der Waals surface area contributed by atoms with Crippen molar-refractivity contribution in [3.05, 3.63) is 87.4 Å². The molecule has 3 heterocycles. The number of hydrogen-bond acceptors (Lipinski definition) is 8. The first-order valence-electron chi connectivity index (χ1n) is 11.1. The lowest BCUT2D eigenvalue weighted by Gasteiger charge is -2.12. The van der Waals surface area contributed by atoms with Crippen LogP contribution in [0.5, 0.6) is 5.75 Å². The van der Waals surface area contributed by atoms with Crippen molar-refractivity contribution in [2.75, 3.05) is 12.4 Å². The minimum atomic E-state index is -4.71. The lowest BCUT2D eigenvalue weighted by Crippen LogP contribution is -2.27. The molecule has 0 saturated carbocycles. The highest BCUT2D eigenvalue weighted by molar-refractivity contribution is 7.13. The molecule has 1 atom stereocenters. The maximum absolute atomic E-state index is 13.1. The lowest BCUT2D eigenvalue weighted by molar-refractivity contribution is -0.137. The van der Waals surface area contributed by atoms with Crippen LogP contribution in [-0.4, -0.2) is 39.6 Å². The van der Waals surface area contributed by atoms with Gasteiger partial charge in [-0.1, -0.05) is 18.2 Å². The monoisotopic (exact) mass is 578 g/mol. The summed E-state index contributed by atoms with van der Waals surface area (Å²) in [4.78, 5) is 41.7. The van der Waals surface area contributed by atoms with Gasteiger partial charge in [0.2, 0.25) is 5.91 Å². The third-order valence-electron chi connectivity index (χ3n) is 5.09. The van der Waals surface area contributed by atoms with E-state index in [0.29, 0.717) is 33.7 Å². The van der Waals surface area contributed by atoms with Crippen LogP contribution < -0.4 is 15.4 Å². The van der Waals surface area contributed by atoms with Crippen molar-refractivity contribution in [3.63, 3.8) is 0 Å². The topological polar surface area (TPSA) is 118 Å². The smallest absolute Gasteiger partial charge is 0.418 e. The fraction of sp³-hybridized carbons (Fsp3) is 0.200. The summed E-state index contributed by atoms with van der Waals surface area (Å²) in [6.07, 6.45) is 3.35. The maximum atomic E-state index is 13.1. The molecule has 14 heteroatoms. The first kappa shape index (κ1) is 29.5. The average Bonchev–Trinajstić information content (AvgIpc) is 3.39. The van der Waals surface area contributed by atoms with Gasteiger partial charge in [-0.3, -0.25) is 19.6 Å². The highest BCUT2D eigenvalue weighted by atomic mass is 35.5. The number of methoxy groups -OCH3 is 1. The number of aromatic nitrogens is 3. The van der Waals surface area contributed by atoms with E-state index in [4.69, 9.17) is 16.3 Å². The van der Waals surface area contributed by atoms with Gasteiger partial charge in [0.15, 0.2) is 0 Å². The van der Waals surface area contributed by atoms with Crippen LogP contribution in [0.15, 0.2) is 66.3 Å². The number of pyridine rings is 2. The first-order chi connectivity index (χ1) is 18.4. The summed E-state index contributed by atoms with van der Waals surface area (Å²) in [5, 5.41) is 4.89. The van der Waals surface area contributed by atoms with Gasteiger partial charge >= 0.3 is 6.18 Å². The first-order valence-corrected chi connectivity index (χ1v) is 12.3. The van der Waals surface area contributed by atoms with Crippen molar-refractivity contribution in [1.82, 2.24) is 20.3 Å². The number of nitrogens with zero attached hydrogens (tertiary/aromatic N) is 4. The Morgan fingerprint density at radius 3 is 2.67 bits per heavy atom. The van der Waals surface area contributed by atoms with Crippen LogP contribution in [0.1, 0.15) is 45.7 Å². The van der Waals surface area contributed by atoms with Gasteiger partial charge in [-0.25, -0.2) is 9.97 Å². The van der Waals surface area contributed by atoms with E-state index in [-0.39, 0.29) is 10.7 Å². The summed E-state index contributed by atoms with van der Waals surface area (Å²) >= 11 is 6.53. The van der Waals surface area contributed by atoms with Crippen molar-refractivity contribution in [2.24, 2.45) is 4.99 Å². The Morgan fingerprint density at radius 1 is 1.26 bits per heavy atom. The number of hydrogen-bond donors (Lipinski definition) is 2. The third-order valence-corrected chi connectivity index (χ3v) is 6.57. The second kappa shape index (κ2) is 12.6. The Balaban J connectivity index is 1.71. The molecule has 39 heavy (non-hydrogen) atoms. The van der Waals surface area contributed by atoms with Crippen molar-refractivity contribution < 1.29 is 27.5 Å². The van der Waals surface area contributed by atoms with Crippen LogP contribution in [0.25, 0.3) is 0 Å². The lowest BCUT2D eigenvalue weighted by atomic mass is 10.1. The van der Waals surface area contributed by atoms with Crippen molar-refractivity contribution in [3.8, 4) is 5.75 Å². The van der Waals surface area contributed by atoms with Gasteiger partial charge in [-0.2, -0.15) is 13.2 Å². The number of amides is 2. The number of thiazole rings is 1. The molecule has 0 fully saturated rings. The Bertz CT molecular complexity index is 1450. The molecule has 0 radical (unpaired) electrons.